The summed E-state index contributed by atoms with van der Waals surface area (Å²) in [5.41, 5.74) is 0. The van der Waals surface area contributed by atoms with Crippen LogP contribution in [0, 0.1) is 18.3 Å². The van der Waals surface area contributed by atoms with Crippen LogP contribution in [-0.4, -0.2) is 11.5 Å². The van der Waals surface area contributed by atoms with Crippen LogP contribution in [0.5, 0.6) is 0 Å². The van der Waals surface area contributed by atoms with Crippen LogP contribution in [0.3, 0.4) is 0 Å². The fourth-order valence-corrected chi connectivity index (χ4v) is 3.04. The third-order valence-electron chi connectivity index (χ3n) is 1.14. The number of hydrogen-bond acceptors (Lipinski definition) is 2. The van der Waals surface area contributed by atoms with Crippen LogP contribution in [0.4, 0.5) is 0 Å². The molecular weight excluding hydrogens is 136 g/mol. The van der Waals surface area contributed by atoms with Gasteiger partial charge in [0, 0.05) is 17.4 Å². The molecule has 1 unspecified atom stereocenters. The Bertz CT molecular complexity index is 97.6. The molecule has 1 aliphatic heterocycles. The fourth-order valence-electron chi connectivity index (χ4n) is 0.594. The maximum atomic E-state index is 5.23. The van der Waals surface area contributed by atoms with E-state index in [-0.39, 0.29) is 0 Å². The molecule has 0 saturated carbocycles. The molecule has 0 aromatic heterocycles. The molecule has 0 spiro atoms. The Balaban J connectivity index is 2.25. The van der Waals surface area contributed by atoms with Crippen LogP contribution in [0.1, 0.15) is 6.42 Å². The molecule has 0 aromatic carbocycles. The van der Waals surface area contributed by atoms with Crippen LogP contribution in [-0.2, 0) is 0 Å². The van der Waals surface area contributed by atoms with Crippen molar-refractivity contribution in [2.45, 2.75) is 6.42 Å². The van der Waals surface area contributed by atoms with E-state index in [1.807, 2.05) is 21.6 Å². The molecule has 0 nitrogen and oxygen atoms in total. The highest BCUT2D eigenvalue weighted by atomic mass is 33.1. The van der Waals surface area contributed by atoms with Gasteiger partial charge in [-0.1, -0.05) is 21.6 Å². The summed E-state index contributed by atoms with van der Waals surface area (Å²) in [7, 11) is 3.84. The molecule has 1 heterocycles. The first-order valence-corrected chi connectivity index (χ1v) is 5.13. The summed E-state index contributed by atoms with van der Waals surface area (Å²) >= 11 is 0. The molecule has 0 N–H and O–H groups in total. The van der Waals surface area contributed by atoms with Gasteiger partial charge in [-0.2, -0.15) is 0 Å². The molecule has 1 saturated heterocycles. The zero-order chi connectivity index (χ0) is 5.82. The molecule has 0 bridgehead atoms. The molecule has 44 valence electrons. The van der Waals surface area contributed by atoms with E-state index in [2.05, 4.69) is 5.92 Å². The van der Waals surface area contributed by atoms with Crippen molar-refractivity contribution in [3.8, 4) is 12.3 Å². The average Bonchev–Trinajstić information content (AvgIpc) is 1.90. The Morgan fingerprint density at radius 1 is 1.50 bits per heavy atom. The highest BCUT2D eigenvalue weighted by molar-refractivity contribution is 8.76. The van der Waals surface area contributed by atoms with Gasteiger partial charge in [0.15, 0.2) is 0 Å². The molecule has 1 aliphatic rings. The van der Waals surface area contributed by atoms with E-state index in [1.54, 1.807) is 0 Å². The summed E-state index contributed by atoms with van der Waals surface area (Å²) in [6.45, 7) is 0. The van der Waals surface area contributed by atoms with E-state index in [9.17, 15) is 0 Å². The van der Waals surface area contributed by atoms with Gasteiger partial charge in [0.25, 0.3) is 0 Å². The number of rotatable bonds is 0. The summed E-state index contributed by atoms with van der Waals surface area (Å²) in [5, 5.41) is 0. The highest BCUT2D eigenvalue weighted by Crippen LogP contribution is 2.31. The van der Waals surface area contributed by atoms with Crippen molar-refractivity contribution in [2.24, 2.45) is 5.92 Å². The van der Waals surface area contributed by atoms with E-state index >= 15 is 0 Å². The average molecular weight is 144 g/mol. The lowest BCUT2D eigenvalue weighted by atomic mass is 10.1. The zero-order valence-corrected chi connectivity index (χ0v) is 6.23. The standard InChI is InChI=1S/C6H8S2/c1-2-6-3-4-7-8-5-6/h1,6H,3-5H2. The minimum atomic E-state index is 0.557. The minimum absolute atomic E-state index is 0.557. The Labute approximate surface area is 58.2 Å². The fraction of sp³-hybridized carbons (Fsp3) is 0.667. The number of terminal acetylenes is 1. The van der Waals surface area contributed by atoms with Gasteiger partial charge in [-0.15, -0.1) is 12.3 Å². The second-order valence-electron chi connectivity index (χ2n) is 1.76. The van der Waals surface area contributed by atoms with Crippen molar-refractivity contribution in [2.75, 3.05) is 11.5 Å². The van der Waals surface area contributed by atoms with Gasteiger partial charge in [-0.25, -0.2) is 0 Å². The molecule has 0 aliphatic carbocycles. The van der Waals surface area contributed by atoms with Gasteiger partial charge in [0.2, 0.25) is 0 Å². The third kappa shape index (κ3) is 1.65. The quantitative estimate of drug-likeness (QED) is 0.377. The molecule has 1 fully saturated rings. The molecule has 0 aromatic rings. The summed E-state index contributed by atoms with van der Waals surface area (Å²) in [6, 6.07) is 0. The third-order valence-corrected chi connectivity index (χ3v) is 3.65. The highest BCUT2D eigenvalue weighted by Gasteiger charge is 2.09. The van der Waals surface area contributed by atoms with Gasteiger partial charge in [-0.3, -0.25) is 0 Å². The Morgan fingerprint density at radius 2 is 2.38 bits per heavy atom. The van der Waals surface area contributed by atoms with Crippen LogP contribution in [0.15, 0.2) is 0 Å². The summed E-state index contributed by atoms with van der Waals surface area (Å²) < 4.78 is 0. The van der Waals surface area contributed by atoms with Gasteiger partial charge < -0.3 is 0 Å². The molecular formula is C6H8S2. The van der Waals surface area contributed by atoms with Crippen molar-refractivity contribution >= 4 is 21.6 Å². The predicted molar refractivity (Wildman–Crippen MR) is 41.9 cm³/mol. The largest absolute Gasteiger partial charge is 0.120 e. The normalized spacial score (nSPS) is 29.1. The first-order chi connectivity index (χ1) is 3.93. The molecule has 0 amide bonds. The van der Waals surface area contributed by atoms with E-state index in [1.165, 1.54) is 12.2 Å². The predicted octanol–water partition coefficient (Wildman–Crippen LogP) is 2.02. The molecule has 2 heteroatoms. The Morgan fingerprint density at radius 3 is 2.75 bits per heavy atom. The maximum Gasteiger partial charge on any atom is 0.0307 e. The second kappa shape index (κ2) is 3.32. The summed E-state index contributed by atoms with van der Waals surface area (Å²) in [6.07, 6.45) is 6.45. The summed E-state index contributed by atoms with van der Waals surface area (Å²) in [5.74, 6) is 5.72. The van der Waals surface area contributed by atoms with Crippen molar-refractivity contribution in [1.82, 2.24) is 0 Å². The van der Waals surface area contributed by atoms with Crippen LogP contribution >= 0.6 is 21.6 Å². The molecule has 0 radical (unpaired) electrons. The van der Waals surface area contributed by atoms with Crippen LogP contribution in [0.25, 0.3) is 0 Å². The zero-order valence-electron chi connectivity index (χ0n) is 4.59. The van der Waals surface area contributed by atoms with E-state index in [0.717, 1.165) is 5.75 Å². The van der Waals surface area contributed by atoms with Gasteiger partial charge in [-0.05, 0) is 6.42 Å². The van der Waals surface area contributed by atoms with Gasteiger partial charge >= 0.3 is 0 Å². The topological polar surface area (TPSA) is 0 Å². The molecule has 1 rings (SSSR count). The molecule has 1 atom stereocenters. The van der Waals surface area contributed by atoms with Gasteiger partial charge in [0.1, 0.15) is 0 Å². The SMILES string of the molecule is C#CC1CCSSC1. The van der Waals surface area contributed by atoms with E-state index in [0.29, 0.717) is 5.92 Å². The van der Waals surface area contributed by atoms with Crippen molar-refractivity contribution in [3.63, 3.8) is 0 Å². The summed E-state index contributed by atoms with van der Waals surface area (Å²) in [4.78, 5) is 0. The van der Waals surface area contributed by atoms with Crippen molar-refractivity contribution in [3.05, 3.63) is 0 Å². The lowest BCUT2D eigenvalue weighted by Crippen LogP contribution is -2.04. The first kappa shape index (κ1) is 6.38. The van der Waals surface area contributed by atoms with Crippen molar-refractivity contribution < 1.29 is 0 Å². The van der Waals surface area contributed by atoms with E-state index in [4.69, 9.17) is 6.42 Å². The van der Waals surface area contributed by atoms with Gasteiger partial charge in [0.05, 0.1) is 0 Å². The maximum absolute atomic E-state index is 5.23. The lowest BCUT2D eigenvalue weighted by molar-refractivity contribution is 0.742. The monoisotopic (exact) mass is 144 g/mol. The van der Waals surface area contributed by atoms with Crippen LogP contribution < -0.4 is 0 Å². The lowest BCUT2D eigenvalue weighted by Gasteiger charge is -2.13. The smallest absolute Gasteiger partial charge is 0.0307 e. The first-order valence-electron chi connectivity index (χ1n) is 2.64. The minimum Gasteiger partial charge on any atom is -0.120 e. The number of hydrogen-bond donors (Lipinski definition) is 0. The molecule has 8 heavy (non-hydrogen) atoms. The second-order valence-corrected chi connectivity index (χ2v) is 4.39. The van der Waals surface area contributed by atoms with Crippen molar-refractivity contribution in [1.29, 1.82) is 0 Å². The Kier molecular flexibility index (Phi) is 2.65. The Hall–Kier alpha value is 0.260. The van der Waals surface area contributed by atoms with Crippen LogP contribution in [0.2, 0.25) is 0 Å². The van der Waals surface area contributed by atoms with E-state index < -0.39 is 0 Å².